The average Bonchev–Trinajstić information content (AvgIpc) is 2.29. The van der Waals surface area contributed by atoms with Gasteiger partial charge in [-0.05, 0) is 17.9 Å². The Balaban J connectivity index is 2.24. The van der Waals surface area contributed by atoms with Crippen molar-refractivity contribution in [3.05, 3.63) is 35.9 Å². The van der Waals surface area contributed by atoms with E-state index in [1.165, 1.54) is 5.56 Å². The van der Waals surface area contributed by atoms with Gasteiger partial charge in [-0.3, -0.25) is 4.79 Å². The van der Waals surface area contributed by atoms with E-state index < -0.39 is 0 Å². The Morgan fingerprint density at radius 3 is 2.41 bits per heavy atom. The van der Waals surface area contributed by atoms with Gasteiger partial charge in [-0.1, -0.05) is 51.1 Å². The lowest BCUT2D eigenvalue weighted by molar-refractivity contribution is -0.148. The second kappa shape index (κ2) is 7.10. The summed E-state index contributed by atoms with van der Waals surface area (Å²) in [5.41, 5.74) is 1.21. The lowest BCUT2D eigenvalue weighted by atomic mass is 9.99. The topological polar surface area (TPSA) is 26.3 Å². The molecule has 0 heterocycles. The molecule has 1 rings (SSSR count). The quantitative estimate of drug-likeness (QED) is 0.705. The number of benzene rings is 1. The molecule has 1 atom stereocenters. The zero-order valence-electron chi connectivity index (χ0n) is 11.0. The van der Waals surface area contributed by atoms with Gasteiger partial charge in [0.25, 0.3) is 0 Å². The number of ether oxygens (including phenoxy) is 1. The minimum atomic E-state index is -0.0744. The summed E-state index contributed by atoms with van der Waals surface area (Å²) < 4.78 is 5.27. The monoisotopic (exact) mass is 234 g/mol. The predicted octanol–water partition coefficient (Wildman–Crippen LogP) is 3.45. The molecule has 0 N–H and O–H groups in total. The van der Waals surface area contributed by atoms with E-state index in [2.05, 4.69) is 13.8 Å². The third-order valence-electron chi connectivity index (χ3n) is 2.71. The minimum Gasteiger partial charge on any atom is -0.465 e. The van der Waals surface area contributed by atoms with Crippen molar-refractivity contribution in [1.29, 1.82) is 0 Å². The number of rotatable bonds is 6. The fourth-order valence-electron chi connectivity index (χ4n) is 1.86. The van der Waals surface area contributed by atoms with E-state index in [0.717, 1.165) is 12.8 Å². The Kier molecular flexibility index (Phi) is 5.75. The van der Waals surface area contributed by atoms with Crippen LogP contribution in [0, 0.1) is 11.8 Å². The van der Waals surface area contributed by atoms with Gasteiger partial charge in [-0.25, -0.2) is 0 Å². The first-order valence-electron chi connectivity index (χ1n) is 6.30. The smallest absolute Gasteiger partial charge is 0.308 e. The van der Waals surface area contributed by atoms with Crippen LogP contribution in [0.25, 0.3) is 0 Å². The molecule has 0 saturated carbocycles. The molecule has 0 aliphatic carbocycles. The molecule has 94 valence electrons. The molecule has 0 saturated heterocycles. The molecule has 0 bridgehead atoms. The molecule has 0 aliphatic rings. The highest BCUT2D eigenvalue weighted by Gasteiger charge is 2.15. The van der Waals surface area contributed by atoms with Crippen LogP contribution in [0.2, 0.25) is 0 Å². The van der Waals surface area contributed by atoms with E-state index in [4.69, 9.17) is 4.74 Å². The summed E-state index contributed by atoms with van der Waals surface area (Å²) >= 11 is 0. The normalized spacial score (nSPS) is 12.5. The maximum atomic E-state index is 11.6. The summed E-state index contributed by atoms with van der Waals surface area (Å²) in [5, 5.41) is 0. The van der Waals surface area contributed by atoms with Crippen LogP contribution in [-0.4, -0.2) is 12.6 Å². The molecule has 17 heavy (non-hydrogen) atoms. The predicted molar refractivity (Wildman–Crippen MR) is 69.7 cm³/mol. The Morgan fingerprint density at radius 2 is 1.82 bits per heavy atom. The van der Waals surface area contributed by atoms with E-state index in [0.29, 0.717) is 12.5 Å². The summed E-state index contributed by atoms with van der Waals surface area (Å²) in [7, 11) is 0. The summed E-state index contributed by atoms with van der Waals surface area (Å²) in [6.45, 7) is 6.65. The molecule has 0 spiro atoms. The number of carbonyl (C=O) groups excluding carboxylic acids is 1. The molecule has 2 heteroatoms. The van der Waals surface area contributed by atoms with Crippen LogP contribution < -0.4 is 0 Å². The van der Waals surface area contributed by atoms with E-state index in [9.17, 15) is 4.79 Å². The maximum absolute atomic E-state index is 11.6. The van der Waals surface area contributed by atoms with Gasteiger partial charge in [0.05, 0.1) is 12.5 Å². The van der Waals surface area contributed by atoms with Crippen molar-refractivity contribution < 1.29 is 9.53 Å². The number of hydrogen-bond acceptors (Lipinski definition) is 2. The van der Waals surface area contributed by atoms with Crippen molar-refractivity contribution in [2.75, 3.05) is 6.61 Å². The fraction of sp³-hybridized carbons (Fsp3) is 0.533. The lowest BCUT2D eigenvalue weighted by Crippen LogP contribution is -2.17. The van der Waals surface area contributed by atoms with E-state index in [-0.39, 0.29) is 11.9 Å². The lowest BCUT2D eigenvalue weighted by Gasteiger charge is -2.13. The van der Waals surface area contributed by atoms with Crippen molar-refractivity contribution in [1.82, 2.24) is 0 Å². The molecule has 0 fully saturated rings. The second-order valence-electron chi connectivity index (χ2n) is 4.93. The Bertz CT molecular complexity index is 330. The number of carbonyl (C=O) groups is 1. The van der Waals surface area contributed by atoms with Crippen LogP contribution in [0.5, 0.6) is 0 Å². The van der Waals surface area contributed by atoms with Crippen LogP contribution >= 0.6 is 0 Å². The third kappa shape index (κ3) is 5.53. The van der Waals surface area contributed by atoms with E-state index in [1.807, 2.05) is 37.3 Å². The van der Waals surface area contributed by atoms with Gasteiger partial charge in [0.15, 0.2) is 0 Å². The van der Waals surface area contributed by atoms with Crippen molar-refractivity contribution in [2.45, 2.75) is 33.6 Å². The highest BCUT2D eigenvalue weighted by atomic mass is 16.5. The molecule has 0 aromatic heterocycles. The second-order valence-corrected chi connectivity index (χ2v) is 4.93. The molecule has 1 aromatic carbocycles. The van der Waals surface area contributed by atoms with Gasteiger partial charge < -0.3 is 4.74 Å². The van der Waals surface area contributed by atoms with Crippen LogP contribution in [0.15, 0.2) is 30.3 Å². The van der Waals surface area contributed by atoms with Crippen molar-refractivity contribution in [2.24, 2.45) is 11.8 Å². The molecular formula is C15H22O2. The molecule has 1 unspecified atom stereocenters. The van der Waals surface area contributed by atoms with Gasteiger partial charge in [0.2, 0.25) is 0 Å². The highest BCUT2D eigenvalue weighted by molar-refractivity contribution is 5.71. The zero-order valence-corrected chi connectivity index (χ0v) is 11.0. The van der Waals surface area contributed by atoms with E-state index in [1.54, 1.807) is 0 Å². The van der Waals surface area contributed by atoms with Gasteiger partial charge in [-0.15, -0.1) is 0 Å². The third-order valence-corrected chi connectivity index (χ3v) is 2.71. The molecule has 0 radical (unpaired) electrons. The molecule has 0 amide bonds. The SMILES string of the molecule is CC(C)CC(C)C(=O)OCCc1ccccc1. The van der Waals surface area contributed by atoms with Gasteiger partial charge in [0.1, 0.15) is 0 Å². The summed E-state index contributed by atoms with van der Waals surface area (Å²) in [6.07, 6.45) is 1.69. The first-order valence-corrected chi connectivity index (χ1v) is 6.30. The zero-order chi connectivity index (χ0) is 12.7. The highest BCUT2D eigenvalue weighted by Crippen LogP contribution is 2.12. The molecule has 0 aliphatic heterocycles. The molecule has 2 nitrogen and oxygen atoms in total. The minimum absolute atomic E-state index is 0.00535. The largest absolute Gasteiger partial charge is 0.465 e. The van der Waals surface area contributed by atoms with Gasteiger partial charge in [-0.2, -0.15) is 0 Å². The standard InChI is InChI=1S/C15H22O2/c1-12(2)11-13(3)15(16)17-10-9-14-7-5-4-6-8-14/h4-8,12-13H,9-11H2,1-3H3. The summed E-state index contributed by atoms with van der Waals surface area (Å²) in [5.74, 6) is 0.465. The van der Waals surface area contributed by atoms with Crippen LogP contribution in [0.3, 0.4) is 0 Å². The van der Waals surface area contributed by atoms with Crippen LogP contribution in [-0.2, 0) is 16.0 Å². The van der Waals surface area contributed by atoms with Gasteiger partial charge in [0, 0.05) is 6.42 Å². The molecule has 1 aromatic rings. The van der Waals surface area contributed by atoms with Crippen molar-refractivity contribution in [3.8, 4) is 0 Å². The Morgan fingerprint density at radius 1 is 1.18 bits per heavy atom. The fourth-order valence-corrected chi connectivity index (χ4v) is 1.86. The van der Waals surface area contributed by atoms with Gasteiger partial charge >= 0.3 is 5.97 Å². The Labute approximate surface area is 104 Å². The molecular weight excluding hydrogens is 212 g/mol. The van der Waals surface area contributed by atoms with Crippen LogP contribution in [0.4, 0.5) is 0 Å². The maximum Gasteiger partial charge on any atom is 0.308 e. The van der Waals surface area contributed by atoms with Crippen molar-refractivity contribution >= 4 is 5.97 Å². The number of hydrogen-bond donors (Lipinski definition) is 0. The first kappa shape index (κ1) is 13.8. The number of esters is 1. The summed E-state index contributed by atoms with van der Waals surface area (Å²) in [4.78, 5) is 11.6. The Hall–Kier alpha value is -1.31. The first-order chi connectivity index (χ1) is 8.09. The van der Waals surface area contributed by atoms with E-state index >= 15 is 0 Å². The average molecular weight is 234 g/mol. The summed E-state index contributed by atoms with van der Waals surface area (Å²) in [6, 6.07) is 10.1. The van der Waals surface area contributed by atoms with Crippen LogP contribution in [0.1, 0.15) is 32.8 Å². The van der Waals surface area contributed by atoms with Crippen molar-refractivity contribution in [3.63, 3.8) is 0 Å².